The minimum atomic E-state index is 0.338. The van der Waals surface area contributed by atoms with Crippen LogP contribution >= 0.6 is 0 Å². The predicted molar refractivity (Wildman–Crippen MR) is 68.5 cm³/mol. The van der Waals surface area contributed by atoms with Gasteiger partial charge in [-0.2, -0.15) is 0 Å². The molecular formula is C14H18N2O. The van der Waals surface area contributed by atoms with Crippen molar-refractivity contribution in [2.45, 2.75) is 32.7 Å². The topological polar surface area (TPSA) is 52.0 Å². The third kappa shape index (κ3) is 2.56. The van der Waals surface area contributed by atoms with Crippen LogP contribution in [0.1, 0.15) is 37.6 Å². The van der Waals surface area contributed by atoms with Crippen LogP contribution in [0.4, 0.5) is 0 Å². The lowest BCUT2D eigenvalue weighted by molar-refractivity contribution is 0.509. The smallest absolute Gasteiger partial charge is 0.208 e. The summed E-state index contributed by atoms with van der Waals surface area (Å²) in [5.74, 6) is 1.95. The van der Waals surface area contributed by atoms with Crippen LogP contribution in [0.2, 0.25) is 0 Å². The van der Waals surface area contributed by atoms with Crippen LogP contribution in [0.5, 0.6) is 0 Å². The second-order valence-corrected chi connectivity index (χ2v) is 4.25. The molecule has 0 radical (unpaired) electrons. The Hall–Kier alpha value is -1.61. The van der Waals surface area contributed by atoms with Gasteiger partial charge in [-0.1, -0.05) is 38.1 Å². The van der Waals surface area contributed by atoms with Crippen molar-refractivity contribution in [2.24, 2.45) is 5.73 Å². The van der Waals surface area contributed by atoms with E-state index in [1.54, 1.807) is 6.20 Å². The second-order valence-electron chi connectivity index (χ2n) is 4.25. The van der Waals surface area contributed by atoms with E-state index in [9.17, 15) is 0 Å². The van der Waals surface area contributed by atoms with E-state index in [1.807, 2.05) is 0 Å². The molecule has 1 heterocycles. The SMILES string of the molecule is CCC(C)c1ccc(-c2cnc(CN)o2)cc1. The van der Waals surface area contributed by atoms with Gasteiger partial charge >= 0.3 is 0 Å². The summed E-state index contributed by atoms with van der Waals surface area (Å²) in [4.78, 5) is 4.09. The minimum absolute atomic E-state index is 0.338. The molecule has 0 bridgehead atoms. The molecule has 3 nitrogen and oxygen atoms in total. The van der Waals surface area contributed by atoms with Gasteiger partial charge in [-0.3, -0.25) is 0 Å². The maximum atomic E-state index is 5.51. The van der Waals surface area contributed by atoms with Gasteiger partial charge in [0.05, 0.1) is 12.7 Å². The molecular weight excluding hydrogens is 212 g/mol. The molecule has 0 fully saturated rings. The molecule has 2 rings (SSSR count). The third-order valence-corrected chi connectivity index (χ3v) is 3.10. The number of oxazole rings is 1. The maximum Gasteiger partial charge on any atom is 0.208 e. The zero-order chi connectivity index (χ0) is 12.3. The van der Waals surface area contributed by atoms with Gasteiger partial charge in [0.15, 0.2) is 5.76 Å². The summed E-state index contributed by atoms with van der Waals surface area (Å²) >= 11 is 0. The molecule has 1 aromatic heterocycles. The Morgan fingerprint density at radius 3 is 2.53 bits per heavy atom. The Kier molecular flexibility index (Phi) is 3.59. The molecule has 0 saturated carbocycles. The zero-order valence-corrected chi connectivity index (χ0v) is 10.3. The van der Waals surface area contributed by atoms with Crippen molar-refractivity contribution in [3.8, 4) is 11.3 Å². The molecule has 1 aromatic carbocycles. The lowest BCUT2D eigenvalue weighted by Gasteiger charge is -2.08. The van der Waals surface area contributed by atoms with E-state index < -0.39 is 0 Å². The summed E-state index contributed by atoms with van der Waals surface area (Å²) in [6.45, 7) is 4.77. The molecule has 0 spiro atoms. The fourth-order valence-corrected chi connectivity index (χ4v) is 1.75. The number of rotatable bonds is 4. The van der Waals surface area contributed by atoms with Crippen molar-refractivity contribution in [1.29, 1.82) is 0 Å². The molecule has 0 saturated heterocycles. The first-order valence-corrected chi connectivity index (χ1v) is 5.99. The van der Waals surface area contributed by atoms with E-state index in [4.69, 9.17) is 10.2 Å². The fraction of sp³-hybridized carbons (Fsp3) is 0.357. The molecule has 2 N–H and O–H groups in total. The van der Waals surface area contributed by atoms with Crippen molar-refractivity contribution in [3.05, 3.63) is 41.9 Å². The number of hydrogen-bond donors (Lipinski definition) is 1. The molecule has 90 valence electrons. The van der Waals surface area contributed by atoms with Crippen molar-refractivity contribution < 1.29 is 4.42 Å². The summed E-state index contributed by atoms with van der Waals surface area (Å²) in [6, 6.07) is 8.44. The van der Waals surface area contributed by atoms with Gasteiger partial charge < -0.3 is 10.2 Å². The molecule has 1 atom stereocenters. The van der Waals surface area contributed by atoms with E-state index in [0.29, 0.717) is 18.4 Å². The van der Waals surface area contributed by atoms with Gasteiger partial charge in [0, 0.05) is 5.56 Å². The lowest BCUT2D eigenvalue weighted by Crippen LogP contribution is -1.94. The first kappa shape index (κ1) is 11.9. The number of nitrogens with two attached hydrogens (primary N) is 1. The van der Waals surface area contributed by atoms with E-state index in [1.165, 1.54) is 5.56 Å². The first-order chi connectivity index (χ1) is 8.24. The molecule has 0 aliphatic heterocycles. The number of nitrogens with zero attached hydrogens (tertiary/aromatic N) is 1. The van der Waals surface area contributed by atoms with Crippen molar-refractivity contribution in [1.82, 2.24) is 4.98 Å². The summed E-state index contributed by atoms with van der Waals surface area (Å²) < 4.78 is 5.51. The largest absolute Gasteiger partial charge is 0.439 e. The quantitative estimate of drug-likeness (QED) is 0.876. The van der Waals surface area contributed by atoms with E-state index >= 15 is 0 Å². The second kappa shape index (κ2) is 5.15. The fourth-order valence-electron chi connectivity index (χ4n) is 1.75. The van der Waals surface area contributed by atoms with Gasteiger partial charge in [0.2, 0.25) is 5.89 Å². The highest BCUT2D eigenvalue weighted by Gasteiger charge is 2.07. The zero-order valence-electron chi connectivity index (χ0n) is 10.3. The van der Waals surface area contributed by atoms with Gasteiger partial charge in [0.1, 0.15) is 0 Å². The highest BCUT2D eigenvalue weighted by molar-refractivity contribution is 5.56. The molecule has 2 aromatic rings. The predicted octanol–water partition coefficient (Wildman–Crippen LogP) is 3.31. The summed E-state index contributed by atoms with van der Waals surface area (Å²) in [5, 5.41) is 0. The van der Waals surface area contributed by atoms with E-state index in [2.05, 4.69) is 43.1 Å². The average Bonchev–Trinajstić information content (AvgIpc) is 2.87. The number of benzene rings is 1. The molecule has 0 aliphatic rings. The van der Waals surface area contributed by atoms with Crippen molar-refractivity contribution in [3.63, 3.8) is 0 Å². The molecule has 0 aliphatic carbocycles. The number of hydrogen-bond acceptors (Lipinski definition) is 3. The maximum absolute atomic E-state index is 5.51. The van der Waals surface area contributed by atoms with E-state index in [-0.39, 0.29) is 0 Å². The summed E-state index contributed by atoms with van der Waals surface area (Å²) in [6.07, 6.45) is 2.87. The van der Waals surface area contributed by atoms with Gasteiger partial charge in [0.25, 0.3) is 0 Å². The van der Waals surface area contributed by atoms with Crippen LogP contribution in [0, 0.1) is 0 Å². The summed E-state index contributed by atoms with van der Waals surface area (Å²) in [5.41, 5.74) is 7.87. The van der Waals surface area contributed by atoms with Gasteiger partial charge in [-0.25, -0.2) is 4.98 Å². The van der Waals surface area contributed by atoms with E-state index in [0.717, 1.165) is 17.7 Å². The Balaban J connectivity index is 2.22. The first-order valence-electron chi connectivity index (χ1n) is 5.99. The van der Waals surface area contributed by atoms with Crippen LogP contribution in [-0.2, 0) is 6.54 Å². The molecule has 1 unspecified atom stereocenters. The highest BCUT2D eigenvalue weighted by atomic mass is 16.4. The summed E-state index contributed by atoms with van der Waals surface area (Å²) in [7, 11) is 0. The van der Waals surface area contributed by atoms with Gasteiger partial charge in [-0.05, 0) is 17.9 Å². The normalized spacial score (nSPS) is 12.6. The van der Waals surface area contributed by atoms with Crippen LogP contribution in [0.25, 0.3) is 11.3 Å². The van der Waals surface area contributed by atoms with Crippen LogP contribution in [0.15, 0.2) is 34.9 Å². The Bertz CT molecular complexity index is 473. The van der Waals surface area contributed by atoms with Crippen molar-refractivity contribution >= 4 is 0 Å². The Morgan fingerprint density at radius 1 is 1.29 bits per heavy atom. The molecule has 17 heavy (non-hydrogen) atoms. The van der Waals surface area contributed by atoms with Crippen LogP contribution < -0.4 is 5.73 Å². The molecule has 3 heteroatoms. The molecule has 0 amide bonds. The van der Waals surface area contributed by atoms with Crippen LogP contribution in [-0.4, -0.2) is 4.98 Å². The highest BCUT2D eigenvalue weighted by Crippen LogP contribution is 2.24. The minimum Gasteiger partial charge on any atom is -0.439 e. The Morgan fingerprint density at radius 2 is 2.00 bits per heavy atom. The van der Waals surface area contributed by atoms with Gasteiger partial charge in [-0.15, -0.1) is 0 Å². The Labute approximate surface area is 102 Å². The third-order valence-electron chi connectivity index (χ3n) is 3.10. The lowest BCUT2D eigenvalue weighted by atomic mass is 9.97. The standard InChI is InChI=1S/C14H18N2O/c1-3-10(2)11-4-6-12(7-5-11)13-9-16-14(8-15)17-13/h4-7,9-10H,3,8,15H2,1-2H3. The average molecular weight is 230 g/mol. The number of aromatic nitrogens is 1. The monoisotopic (exact) mass is 230 g/mol. The van der Waals surface area contributed by atoms with Crippen LogP contribution in [0.3, 0.4) is 0 Å². The van der Waals surface area contributed by atoms with Crippen molar-refractivity contribution in [2.75, 3.05) is 0 Å².